The molecule has 0 heterocycles. The number of rotatable bonds is 5. The number of carbonyl (C=O) groups is 2. The second-order valence-electron chi connectivity index (χ2n) is 6.45. The number of nitrogens with one attached hydrogen (secondary N) is 1. The molecule has 4 nitrogen and oxygen atoms in total. The number of alkyl carbamates (subject to hydrolysis) is 1. The summed E-state index contributed by atoms with van der Waals surface area (Å²) in [6.07, 6.45) is 4.71. The Balaban J connectivity index is 2.28. The summed E-state index contributed by atoms with van der Waals surface area (Å²) in [5, 5.41) is 3.78. The highest BCUT2D eigenvalue weighted by Crippen LogP contribution is 2.26. The van der Waals surface area contributed by atoms with Crippen molar-refractivity contribution in [3.8, 4) is 0 Å². The first-order chi connectivity index (χ1) is 9.31. The van der Waals surface area contributed by atoms with Gasteiger partial charge in [-0.2, -0.15) is 0 Å². The summed E-state index contributed by atoms with van der Waals surface area (Å²) >= 11 is 3.35. The highest BCUT2D eigenvalue weighted by Gasteiger charge is 2.27. The molecule has 1 amide bonds. The molecule has 1 saturated carbocycles. The molecule has 0 aliphatic heterocycles. The van der Waals surface area contributed by atoms with E-state index in [0.717, 1.165) is 37.4 Å². The molecule has 0 radical (unpaired) electrons. The molecule has 0 saturated heterocycles. The summed E-state index contributed by atoms with van der Waals surface area (Å²) in [5.74, 6) is 0.561. The van der Waals surface area contributed by atoms with E-state index in [2.05, 4.69) is 21.2 Å². The highest BCUT2D eigenvalue weighted by atomic mass is 79.9. The Labute approximate surface area is 130 Å². The van der Waals surface area contributed by atoms with E-state index in [4.69, 9.17) is 4.74 Å². The van der Waals surface area contributed by atoms with Crippen LogP contribution < -0.4 is 5.32 Å². The normalized spacial score (nSPS) is 23.2. The lowest BCUT2D eigenvalue weighted by atomic mass is 9.82. The van der Waals surface area contributed by atoms with Crippen LogP contribution in [0.15, 0.2) is 0 Å². The van der Waals surface area contributed by atoms with E-state index in [1.807, 2.05) is 20.8 Å². The number of alkyl halides is 1. The van der Waals surface area contributed by atoms with Crippen molar-refractivity contribution in [2.24, 2.45) is 5.92 Å². The molecule has 116 valence electrons. The Kier molecular flexibility index (Phi) is 7.00. The molecule has 0 spiro atoms. The third-order valence-electron chi connectivity index (χ3n) is 3.46. The van der Waals surface area contributed by atoms with Gasteiger partial charge in [-0.25, -0.2) is 4.79 Å². The fourth-order valence-corrected chi connectivity index (χ4v) is 2.76. The first-order valence-electron chi connectivity index (χ1n) is 7.40. The van der Waals surface area contributed by atoms with Crippen molar-refractivity contribution in [3.05, 3.63) is 0 Å². The average molecular weight is 348 g/mol. The number of halogens is 1. The molecule has 5 heteroatoms. The monoisotopic (exact) mass is 347 g/mol. The average Bonchev–Trinajstić information content (AvgIpc) is 2.34. The number of carbonyl (C=O) groups excluding carboxylic acids is 2. The molecule has 1 aliphatic carbocycles. The van der Waals surface area contributed by atoms with Gasteiger partial charge >= 0.3 is 6.09 Å². The minimum absolute atomic E-state index is 0.144. The van der Waals surface area contributed by atoms with Crippen LogP contribution in [0.1, 0.15) is 59.3 Å². The topological polar surface area (TPSA) is 55.4 Å². The van der Waals surface area contributed by atoms with Gasteiger partial charge in [0.25, 0.3) is 0 Å². The lowest BCUT2D eigenvalue weighted by Crippen LogP contribution is -2.41. The molecule has 20 heavy (non-hydrogen) atoms. The maximum absolute atomic E-state index is 11.9. The second kappa shape index (κ2) is 8.01. The molecule has 0 aromatic heterocycles. The van der Waals surface area contributed by atoms with E-state index < -0.39 is 5.60 Å². The molecule has 0 unspecified atom stereocenters. The number of ketones is 1. The summed E-state index contributed by atoms with van der Waals surface area (Å²) in [6, 6.07) is 0.144. The van der Waals surface area contributed by atoms with Gasteiger partial charge in [-0.05, 0) is 52.9 Å². The highest BCUT2D eigenvalue weighted by molar-refractivity contribution is 9.09. The van der Waals surface area contributed by atoms with E-state index in [9.17, 15) is 9.59 Å². The van der Waals surface area contributed by atoms with Crippen molar-refractivity contribution in [1.29, 1.82) is 0 Å². The van der Waals surface area contributed by atoms with Gasteiger partial charge in [-0.15, -0.1) is 0 Å². The number of amides is 1. The van der Waals surface area contributed by atoms with Gasteiger partial charge < -0.3 is 10.1 Å². The fourth-order valence-electron chi connectivity index (χ4n) is 2.48. The van der Waals surface area contributed by atoms with Crippen LogP contribution >= 0.6 is 15.9 Å². The van der Waals surface area contributed by atoms with Crippen LogP contribution in [0.2, 0.25) is 0 Å². The van der Waals surface area contributed by atoms with Crippen LogP contribution in [0.3, 0.4) is 0 Å². The predicted molar refractivity (Wildman–Crippen MR) is 83.2 cm³/mol. The lowest BCUT2D eigenvalue weighted by Gasteiger charge is -2.29. The van der Waals surface area contributed by atoms with Crippen LogP contribution in [0.25, 0.3) is 0 Å². The Morgan fingerprint density at radius 2 is 1.80 bits per heavy atom. The SMILES string of the molecule is CC(C)(C)OC(=O)NC1CCC(C(=O)CCCBr)CC1. The largest absolute Gasteiger partial charge is 0.444 e. The summed E-state index contributed by atoms with van der Waals surface area (Å²) in [5.41, 5.74) is -0.465. The maximum Gasteiger partial charge on any atom is 0.407 e. The van der Waals surface area contributed by atoms with E-state index >= 15 is 0 Å². The van der Waals surface area contributed by atoms with Crippen LogP contribution in [-0.4, -0.2) is 28.8 Å². The molecule has 1 rings (SSSR count). The molecule has 0 aromatic carbocycles. The Morgan fingerprint density at radius 1 is 1.20 bits per heavy atom. The number of ether oxygens (including phenoxy) is 1. The third kappa shape index (κ3) is 6.73. The van der Waals surface area contributed by atoms with Gasteiger partial charge in [0.2, 0.25) is 0 Å². The van der Waals surface area contributed by atoms with Gasteiger partial charge in [-0.3, -0.25) is 4.79 Å². The quantitative estimate of drug-likeness (QED) is 0.769. The van der Waals surface area contributed by atoms with Crippen molar-refractivity contribution >= 4 is 27.8 Å². The van der Waals surface area contributed by atoms with Crippen molar-refractivity contribution in [2.75, 3.05) is 5.33 Å². The molecule has 0 bridgehead atoms. The predicted octanol–water partition coefficient (Wildman–Crippen LogP) is 3.81. The van der Waals surface area contributed by atoms with Crippen molar-refractivity contribution in [1.82, 2.24) is 5.32 Å². The Bertz CT molecular complexity index is 331. The second-order valence-corrected chi connectivity index (χ2v) is 7.25. The molecule has 1 fully saturated rings. The summed E-state index contributed by atoms with van der Waals surface area (Å²) in [4.78, 5) is 23.6. The zero-order valence-corrected chi connectivity index (χ0v) is 14.3. The van der Waals surface area contributed by atoms with E-state index in [1.54, 1.807) is 0 Å². The minimum atomic E-state index is -0.465. The first-order valence-corrected chi connectivity index (χ1v) is 8.52. The van der Waals surface area contributed by atoms with E-state index in [1.165, 1.54) is 0 Å². The zero-order valence-electron chi connectivity index (χ0n) is 12.7. The summed E-state index contributed by atoms with van der Waals surface area (Å²) in [7, 11) is 0. The van der Waals surface area contributed by atoms with E-state index in [-0.39, 0.29) is 18.1 Å². The maximum atomic E-state index is 11.9. The molecular formula is C15H26BrNO3. The van der Waals surface area contributed by atoms with Gasteiger partial charge in [0, 0.05) is 23.7 Å². The standard InChI is InChI=1S/C15H26BrNO3/c1-15(2,3)20-14(19)17-12-8-6-11(7-9-12)13(18)5-4-10-16/h11-12H,4-10H2,1-3H3,(H,17,19). The lowest BCUT2D eigenvalue weighted by molar-refractivity contribution is -0.123. The van der Waals surface area contributed by atoms with Crippen molar-refractivity contribution in [3.63, 3.8) is 0 Å². The Hall–Kier alpha value is -0.580. The van der Waals surface area contributed by atoms with Crippen LogP contribution in [0.5, 0.6) is 0 Å². The van der Waals surface area contributed by atoms with Crippen molar-refractivity contribution < 1.29 is 14.3 Å². The minimum Gasteiger partial charge on any atom is -0.444 e. The van der Waals surface area contributed by atoms with Gasteiger partial charge in [-0.1, -0.05) is 15.9 Å². The van der Waals surface area contributed by atoms with E-state index in [0.29, 0.717) is 12.2 Å². The fraction of sp³-hybridized carbons (Fsp3) is 0.867. The number of hydrogen-bond acceptors (Lipinski definition) is 3. The number of hydrogen-bond donors (Lipinski definition) is 1. The van der Waals surface area contributed by atoms with Crippen LogP contribution in [0.4, 0.5) is 4.79 Å². The van der Waals surface area contributed by atoms with Crippen molar-refractivity contribution in [2.45, 2.75) is 70.9 Å². The molecule has 0 aromatic rings. The smallest absolute Gasteiger partial charge is 0.407 e. The Morgan fingerprint density at radius 3 is 2.30 bits per heavy atom. The van der Waals surface area contributed by atoms with Gasteiger partial charge in [0.15, 0.2) is 0 Å². The molecule has 1 N–H and O–H groups in total. The summed E-state index contributed by atoms with van der Waals surface area (Å²) < 4.78 is 5.25. The van der Waals surface area contributed by atoms with Gasteiger partial charge in [0.05, 0.1) is 0 Å². The van der Waals surface area contributed by atoms with Crippen LogP contribution in [0, 0.1) is 5.92 Å². The first kappa shape index (κ1) is 17.5. The number of Topliss-reactive ketones (excluding diaryl/α,β-unsaturated/α-hetero) is 1. The molecular weight excluding hydrogens is 322 g/mol. The summed E-state index contributed by atoms with van der Waals surface area (Å²) in [6.45, 7) is 5.56. The third-order valence-corrected chi connectivity index (χ3v) is 4.02. The molecule has 0 atom stereocenters. The molecule has 1 aliphatic rings. The van der Waals surface area contributed by atoms with Crippen LogP contribution in [-0.2, 0) is 9.53 Å². The van der Waals surface area contributed by atoms with Gasteiger partial charge in [0.1, 0.15) is 11.4 Å². The zero-order chi connectivity index (χ0) is 15.2.